The number of hydrogen-bond acceptors (Lipinski definition) is 5. The average Bonchev–Trinajstić information content (AvgIpc) is 2.87. The van der Waals surface area contributed by atoms with Gasteiger partial charge in [-0.25, -0.2) is 4.79 Å². The van der Waals surface area contributed by atoms with Crippen molar-refractivity contribution >= 4 is 16.7 Å². The molecule has 1 heterocycles. The Morgan fingerprint density at radius 3 is 2.46 bits per heavy atom. The normalized spacial score (nSPS) is 14.2. The van der Waals surface area contributed by atoms with Crippen LogP contribution in [0.1, 0.15) is 30.5 Å². The quantitative estimate of drug-likeness (QED) is 0.399. The summed E-state index contributed by atoms with van der Waals surface area (Å²) in [5.74, 6) is -1.93. The first-order valence-electron chi connectivity index (χ1n) is 12.2. The summed E-state index contributed by atoms with van der Waals surface area (Å²) < 4.78 is 37.8. The summed E-state index contributed by atoms with van der Waals surface area (Å²) in [6.45, 7) is 8.09. The molecular weight excluding hydrogens is 485 g/mol. The van der Waals surface area contributed by atoms with E-state index in [4.69, 9.17) is 14.6 Å². The van der Waals surface area contributed by atoms with Crippen molar-refractivity contribution in [2.75, 3.05) is 19.7 Å². The van der Waals surface area contributed by atoms with Crippen LogP contribution in [-0.4, -0.2) is 59.1 Å². The number of benzene rings is 3. The first kappa shape index (κ1) is 28.4. The zero-order chi connectivity index (χ0) is 27.0. The number of alkyl halides is 3. The number of aliphatic hydroxyl groups is 1. The van der Waals surface area contributed by atoms with Crippen molar-refractivity contribution in [2.45, 2.75) is 51.7 Å². The van der Waals surface area contributed by atoms with E-state index in [1.807, 2.05) is 24.3 Å². The number of aliphatic carboxylic acids is 1. The van der Waals surface area contributed by atoms with Crippen molar-refractivity contribution in [2.24, 2.45) is 0 Å². The minimum atomic E-state index is -5.08. The molecule has 37 heavy (non-hydrogen) atoms. The molecule has 0 amide bonds. The first-order valence-corrected chi connectivity index (χ1v) is 12.2. The van der Waals surface area contributed by atoms with Gasteiger partial charge in [-0.05, 0) is 55.0 Å². The zero-order valence-electron chi connectivity index (χ0n) is 21.0. The van der Waals surface area contributed by atoms with Crippen molar-refractivity contribution in [1.29, 1.82) is 0 Å². The summed E-state index contributed by atoms with van der Waals surface area (Å²) in [5, 5.41) is 23.5. The van der Waals surface area contributed by atoms with Crippen LogP contribution in [0.25, 0.3) is 10.8 Å². The molecule has 3 aromatic rings. The Hall–Kier alpha value is -3.14. The Bertz CT molecular complexity index is 1180. The summed E-state index contributed by atoms with van der Waals surface area (Å²) in [6, 6.07) is 21.2. The van der Waals surface area contributed by atoms with E-state index >= 15 is 0 Å². The largest absolute Gasteiger partial charge is 0.490 e. The van der Waals surface area contributed by atoms with Crippen LogP contribution in [0, 0.1) is 0 Å². The fraction of sp³-hybridized carbons (Fsp3) is 0.393. The molecule has 1 aliphatic rings. The molecule has 0 saturated heterocycles. The molecule has 1 unspecified atom stereocenters. The molecule has 3 aromatic carbocycles. The third-order valence-electron chi connectivity index (χ3n) is 6.21. The van der Waals surface area contributed by atoms with Crippen molar-refractivity contribution < 1.29 is 32.9 Å². The van der Waals surface area contributed by atoms with Gasteiger partial charge >= 0.3 is 12.1 Å². The highest BCUT2D eigenvalue weighted by Gasteiger charge is 2.38. The van der Waals surface area contributed by atoms with Crippen LogP contribution in [0.4, 0.5) is 13.2 Å². The molecule has 0 saturated carbocycles. The Kier molecular flexibility index (Phi) is 9.91. The highest BCUT2D eigenvalue weighted by atomic mass is 19.4. The third-order valence-corrected chi connectivity index (χ3v) is 6.21. The van der Waals surface area contributed by atoms with Gasteiger partial charge in [0.1, 0.15) is 18.5 Å². The SMILES string of the molecule is CC(C)N(Cc1cccc2c1CCNC2)CC(O)COc1cccc2ccccc12.O=C(O)C(F)(F)F. The van der Waals surface area contributed by atoms with Crippen LogP contribution >= 0.6 is 0 Å². The average molecular weight is 519 g/mol. The second kappa shape index (κ2) is 12.9. The third kappa shape index (κ3) is 8.18. The van der Waals surface area contributed by atoms with Crippen LogP contribution in [0.3, 0.4) is 0 Å². The maximum absolute atomic E-state index is 10.7. The van der Waals surface area contributed by atoms with E-state index in [9.17, 15) is 18.3 Å². The van der Waals surface area contributed by atoms with Crippen LogP contribution in [-0.2, 0) is 24.3 Å². The summed E-state index contributed by atoms with van der Waals surface area (Å²) in [5.41, 5.74) is 4.26. The standard InChI is InChI=1S/C26H32N2O2.C2HF3O2/c1-19(2)28(16-22-10-5-9-21-15-27-14-13-24(21)22)17-23(29)18-30-26-12-6-8-20-7-3-4-11-25(20)26;3-2(4,5)1(6)7/h3-12,19,23,27,29H,13-18H2,1-2H3;(H,6,7). The highest BCUT2D eigenvalue weighted by Crippen LogP contribution is 2.25. The summed E-state index contributed by atoms with van der Waals surface area (Å²) in [4.78, 5) is 11.2. The Balaban J connectivity index is 0.000000479. The molecule has 1 atom stereocenters. The second-order valence-electron chi connectivity index (χ2n) is 9.25. The molecule has 0 aromatic heterocycles. The number of rotatable bonds is 8. The lowest BCUT2D eigenvalue weighted by molar-refractivity contribution is -0.192. The number of nitrogens with zero attached hydrogens (tertiary/aromatic N) is 1. The van der Waals surface area contributed by atoms with Gasteiger partial charge in [-0.15, -0.1) is 0 Å². The lowest BCUT2D eigenvalue weighted by Gasteiger charge is -2.31. The Labute approximate surface area is 214 Å². The fourth-order valence-corrected chi connectivity index (χ4v) is 4.27. The van der Waals surface area contributed by atoms with E-state index in [0.717, 1.165) is 42.6 Å². The smallest absolute Gasteiger partial charge is 0.490 e. The van der Waals surface area contributed by atoms with E-state index < -0.39 is 18.2 Å². The lowest BCUT2D eigenvalue weighted by atomic mass is 9.95. The van der Waals surface area contributed by atoms with E-state index in [2.05, 4.69) is 60.5 Å². The topological polar surface area (TPSA) is 82.0 Å². The van der Waals surface area contributed by atoms with Gasteiger partial charge in [0.2, 0.25) is 0 Å². The van der Waals surface area contributed by atoms with E-state index in [0.29, 0.717) is 12.6 Å². The zero-order valence-corrected chi connectivity index (χ0v) is 21.0. The van der Waals surface area contributed by atoms with Crippen LogP contribution < -0.4 is 10.1 Å². The van der Waals surface area contributed by atoms with Gasteiger partial charge in [0, 0.05) is 31.1 Å². The maximum atomic E-state index is 10.7. The lowest BCUT2D eigenvalue weighted by Crippen LogP contribution is -2.39. The molecular formula is C28H33F3N2O4. The molecule has 0 radical (unpaired) electrons. The number of aliphatic hydroxyl groups excluding tert-OH is 1. The minimum absolute atomic E-state index is 0.286. The van der Waals surface area contributed by atoms with E-state index in [1.165, 1.54) is 16.7 Å². The van der Waals surface area contributed by atoms with Crippen molar-refractivity contribution in [3.8, 4) is 5.75 Å². The van der Waals surface area contributed by atoms with Gasteiger partial charge in [-0.3, -0.25) is 4.90 Å². The summed E-state index contributed by atoms with van der Waals surface area (Å²) in [6.07, 6.45) is -4.56. The number of halogens is 3. The highest BCUT2D eigenvalue weighted by molar-refractivity contribution is 5.88. The molecule has 0 aliphatic carbocycles. The number of carboxylic acids is 1. The number of hydrogen-bond donors (Lipinski definition) is 3. The second-order valence-corrected chi connectivity index (χ2v) is 9.25. The van der Waals surface area contributed by atoms with Gasteiger partial charge in [0.15, 0.2) is 0 Å². The van der Waals surface area contributed by atoms with Gasteiger partial charge in [-0.2, -0.15) is 13.2 Å². The number of carboxylic acid groups (broad SMARTS) is 1. The molecule has 0 bridgehead atoms. The monoisotopic (exact) mass is 518 g/mol. The van der Waals surface area contributed by atoms with Gasteiger partial charge in [0.05, 0.1) is 0 Å². The molecule has 0 spiro atoms. The molecule has 9 heteroatoms. The number of fused-ring (bicyclic) bond motifs is 2. The minimum Gasteiger partial charge on any atom is -0.490 e. The van der Waals surface area contributed by atoms with Crippen molar-refractivity contribution in [3.63, 3.8) is 0 Å². The van der Waals surface area contributed by atoms with Gasteiger partial charge in [-0.1, -0.05) is 54.6 Å². The van der Waals surface area contributed by atoms with Crippen LogP contribution in [0.2, 0.25) is 0 Å². The molecule has 3 N–H and O–H groups in total. The number of ether oxygens (including phenoxy) is 1. The molecule has 1 aliphatic heterocycles. The van der Waals surface area contributed by atoms with Crippen LogP contribution in [0.5, 0.6) is 5.75 Å². The Morgan fingerprint density at radius 1 is 1.08 bits per heavy atom. The predicted octanol–water partition coefficient (Wildman–Crippen LogP) is 4.77. The molecule has 0 fully saturated rings. The van der Waals surface area contributed by atoms with E-state index in [-0.39, 0.29) is 6.61 Å². The Morgan fingerprint density at radius 2 is 1.76 bits per heavy atom. The summed E-state index contributed by atoms with van der Waals surface area (Å²) >= 11 is 0. The maximum Gasteiger partial charge on any atom is 0.490 e. The fourth-order valence-electron chi connectivity index (χ4n) is 4.27. The molecule has 6 nitrogen and oxygen atoms in total. The van der Waals surface area contributed by atoms with Gasteiger partial charge in [0.25, 0.3) is 0 Å². The predicted molar refractivity (Wildman–Crippen MR) is 137 cm³/mol. The number of carbonyl (C=O) groups is 1. The first-order chi connectivity index (χ1) is 17.6. The van der Waals surface area contributed by atoms with Gasteiger partial charge < -0.3 is 20.3 Å². The number of nitrogens with one attached hydrogen (secondary N) is 1. The molecule has 4 rings (SSSR count). The van der Waals surface area contributed by atoms with Crippen molar-refractivity contribution in [1.82, 2.24) is 10.2 Å². The summed E-state index contributed by atoms with van der Waals surface area (Å²) in [7, 11) is 0. The van der Waals surface area contributed by atoms with E-state index in [1.54, 1.807) is 0 Å². The van der Waals surface area contributed by atoms with Crippen LogP contribution in [0.15, 0.2) is 60.7 Å². The van der Waals surface area contributed by atoms with Crippen molar-refractivity contribution in [3.05, 3.63) is 77.4 Å². The molecule has 200 valence electrons.